The van der Waals surface area contributed by atoms with E-state index in [-0.39, 0.29) is 0 Å². The maximum Gasteiger partial charge on any atom is 0.164 e. The third-order valence-electron chi connectivity index (χ3n) is 12.7. The monoisotopic (exact) mass is 815 g/mol. The maximum atomic E-state index is 5.40. The Balaban J connectivity index is 1.08. The molecule has 13 rings (SSSR count). The lowest BCUT2D eigenvalue weighted by atomic mass is 9.96. The fraction of sp³-hybridized carbons (Fsp3) is 0. The molecule has 0 unspecified atom stereocenters. The van der Waals surface area contributed by atoms with Gasteiger partial charge in [0.2, 0.25) is 0 Å². The highest BCUT2D eigenvalue weighted by Gasteiger charge is 2.21. The number of nitrogens with zero attached hydrogens (tertiary/aromatic N) is 5. The van der Waals surface area contributed by atoms with E-state index < -0.39 is 0 Å². The molecule has 0 aliphatic heterocycles. The number of fused-ring (bicyclic) bond motifs is 8. The zero-order valence-corrected chi connectivity index (χ0v) is 34.6. The molecule has 5 nitrogen and oxygen atoms in total. The molecule has 0 N–H and O–H groups in total. The van der Waals surface area contributed by atoms with Gasteiger partial charge in [0, 0.05) is 49.3 Å². The van der Waals surface area contributed by atoms with E-state index in [9.17, 15) is 0 Å². The van der Waals surface area contributed by atoms with E-state index in [2.05, 4.69) is 215 Å². The first kappa shape index (κ1) is 36.0. The summed E-state index contributed by atoms with van der Waals surface area (Å²) in [7, 11) is 0. The zero-order valence-electron chi connectivity index (χ0n) is 34.6. The third kappa shape index (κ3) is 5.75. The van der Waals surface area contributed by atoms with Crippen LogP contribution >= 0.6 is 0 Å². The summed E-state index contributed by atoms with van der Waals surface area (Å²) in [6, 6.07) is 79.9. The number of rotatable bonds is 6. The Bertz CT molecular complexity index is 3940. The first-order chi connectivity index (χ1) is 31.7. The Morgan fingerprint density at radius 1 is 0.266 bits per heavy atom. The second-order valence-electron chi connectivity index (χ2n) is 16.4. The molecule has 0 fully saturated rings. The van der Waals surface area contributed by atoms with Crippen LogP contribution in [0.1, 0.15) is 0 Å². The van der Waals surface area contributed by atoms with Crippen LogP contribution in [0, 0.1) is 0 Å². The predicted octanol–water partition coefficient (Wildman–Crippen LogP) is 15.0. The average molecular weight is 816 g/mol. The minimum atomic E-state index is 0.612. The highest BCUT2D eigenvalue weighted by molar-refractivity contribution is 6.15. The average Bonchev–Trinajstić information content (AvgIpc) is 3.87. The fourth-order valence-corrected chi connectivity index (χ4v) is 9.75. The van der Waals surface area contributed by atoms with Crippen molar-refractivity contribution in [3.63, 3.8) is 0 Å². The molecule has 298 valence electrons. The molecule has 10 aromatic carbocycles. The van der Waals surface area contributed by atoms with Gasteiger partial charge in [0.15, 0.2) is 17.5 Å². The Morgan fingerprint density at radius 2 is 0.797 bits per heavy atom. The molecule has 0 aliphatic carbocycles. The van der Waals surface area contributed by atoms with E-state index in [4.69, 9.17) is 15.0 Å². The summed E-state index contributed by atoms with van der Waals surface area (Å²) in [5, 5.41) is 9.42. The van der Waals surface area contributed by atoms with Crippen LogP contribution in [0.15, 0.2) is 224 Å². The zero-order chi connectivity index (χ0) is 42.1. The quantitative estimate of drug-likeness (QED) is 0.168. The molecule has 0 bridgehead atoms. The van der Waals surface area contributed by atoms with Gasteiger partial charge in [-0.15, -0.1) is 0 Å². The van der Waals surface area contributed by atoms with E-state index in [1.807, 2.05) is 18.2 Å². The molecule has 0 amide bonds. The molecule has 0 aliphatic rings. The number of benzene rings is 10. The van der Waals surface area contributed by atoms with E-state index in [1.54, 1.807) is 0 Å². The van der Waals surface area contributed by atoms with Crippen LogP contribution in [0.3, 0.4) is 0 Å². The predicted molar refractivity (Wildman–Crippen MR) is 265 cm³/mol. The number of hydrogen-bond donors (Lipinski definition) is 0. The van der Waals surface area contributed by atoms with Crippen LogP contribution < -0.4 is 0 Å². The lowest BCUT2D eigenvalue weighted by Gasteiger charge is -2.16. The smallest absolute Gasteiger partial charge is 0.164 e. The van der Waals surface area contributed by atoms with Gasteiger partial charge in [-0.1, -0.05) is 164 Å². The van der Waals surface area contributed by atoms with Crippen molar-refractivity contribution < 1.29 is 0 Å². The highest BCUT2D eigenvalue weighted by atomic mass is 15.0. The van der Waals surface area contributed by atoms with Crippen LogP contribution in [0.25, 0.3) is 122 Å². The van der Waals surface area contributed by atoms with Gasteiger partial charge < -0.3 is 9.13 Å². The van der Waals surface area contributed by atoms with Crippen LogP contribution in [0.2, 0.25) is 0 Å². The van der Waals surface area contributed by atoms with E-state index in [0.717, 1.165) is 66.5 Å². The lowest BCUT2D eigenvalue weighted by molar-refractivity contribution is 1.08. The molecule has 0 spiro atoms. The molecule has 0 atom stereocenters. The largest absolute Gasteiger partial charge is 0.309 e. The van der Waals surface area contributed by atoms with Crippen molar-refractivity contribution in [3.05, 3.63) is 224 Å². The first-order valence-corrected chi connectivity index (χ1v) is 21.7. The molecule has 3 aromatic heterocycles. The minimum absolute atomic E-state index is 0.612. The topological polar surface area (TPSA) is 48.5 Å². The molecule has 64 heavy (non-hydrogen) atoms. The second kappa shape index (κ2) is 14.5. The summed E-state index contributed by atoms with van der Waals surface area (Å²) in [5.41, 5.74) is 11.8. The standard InChI is InChI=1S/C59H37N5/c1-4-16-38(17-5-1)42-28-30-48-50(34-42)49(32-33-54(48)64-53-27-15-13-25-46(53)51-35-40-20-10-11-21-41(40)36-56(51)64)59-61-57(39-18-6-2-7-19-39)60-58(62-59)43-29-31-47-45-24-12-14-26-52(45)63(55(47)37-43)44-22-8-3-9-23-44/h1-37H. The highest BCUT2D eigenvalue weighted by Crippen LogP contribution is 2.41. The third-order valence-corrected chi connectivity index (χ3v) is 12.7. The first-order valence-electron chi connectivity index (χ1n) is 21.7. The molecule has 5 heteroatoms. The lowest BCUT2D eigenvalue weighted by Crippen LogP contribution is -2.02. The van der Waals surface area contributed by atoms with Crippen molar-refractivity contribution in [1.29, 1.82) is 0 Å². The van der Waals surface area contributed by atoms with Gasteiger partial charge in [-0.05, 0) is 87.9 Å². The van der Waals surface area contributed by atoms with E-state index in [1.165, 1.54) is 37.8 Å². The van der Waals surface area contributed by atoms with Crippen molar-refractivity contribution in [3.8, 4) is 56.7 Å². The Labute approximate surface area is 368 Å². The molecule has 3 heterocycles. The summed E-state index contributed by atoms with van der Waals surface area (Å²) in [6.07, 6.45) is 0. The van der Waals surface area contributed by atoms with Crippen LogP contribution in [-0.4, -0.2) is 24.1 Å². The van der Waals surface area contributed by atoms with Crippen LogP contribution in [0.4, 0.5) is 0 Å². The number of para-hydroxylation sites is 3. The van der Waals surface area contributed by atoms with Crippen LogP contribution in [-0.2, 0) is 0 Å². The molecule has 0 saturated heterocycles. The Kier molecular flexibility index (Phi) is 8.15. The van der Waals surface area contributed by atoms with Gasteiger partial charge in [-0.3, -0.25) is 0 Å². The fourth-order valence-electron chi connectivity index (χ4n) is 9.75. The normalized spacial score (nSPS) is 11.8. The van der Waals surface area contributed by atoms with E-state index >= 15 is 0 Å². The van der Waals surface area contributed by atoms with Gasteiger partial charge >= 0.3 is 0 Å². The van der Waals surface area contributed by atoms with Gasteiger partial charge in [0.25, 0.3) is 0 Å². The molecular weight excluding hydrogens is 779 g/mol. The second-order valence-corrected chi connectivity index (χ2v) is 16.4. The van der Waals surface area contributed by atoms with Crippen LogP contribution in [0.5, 0.6) is 0 Å². The van der Waals surface area contributed by atoms with Crippen molar-refractivity contribution in [1.82, 2.24) is 24.1 Å². The van der Waals surface area contributed by atoms with Crippen molar-refractivity contribution >= 4 is 65.2 Å². The SMILES string of the molecule is c1ccc(-c2ccc3c(-n4c5ccccc5c5cc6ccccc6cc54)ccc(-c4nc(-c5ccccc5)nc(-c5ccc6c7ccccc7n(-c7ccccc7)c6c5)n4)c3c2)cc1. The summed E-state index contributed by atoms with van der Waals surface area (Å²) in [5.74, 6) is 1.85. The van der Waals surface area contributed by atoms with E-state index in [0.29, 0.717) is 17.5 Å². The van der Waals surface area contributed by atoms with Gasteiger partial charge in [-0.25, -0.2) is 15.0 Å². The van der Waals surface area contributed by atoms with Gasteiger partial charge in [0.05, 0.1) is 27.8 Å². The summed E-state index contributed by atoms with van der Waals surface area (Å²) < 4.78 is 4.77. The summed E-state index contributed by atoms with van der Waals surface area (Å²) in [4.78, 5) is 15.9. The summed E-state index contributed by atoms with van der Waals surface area (Å²) >= 11 is 0. The summed E-state index contributed by atoms with van der Waals surface area (Å²) in [6.45, 7) is 0. The molecule has 0 saturated carbocycles. The Morgan fingerprint density at radius 3 is 1.55 bits per heavy atom. The van der Waals surface area contributed by atoms with Crippen molar-refractivity contribution in [2.24, 2.45) is 0 Å². The van der Waals surface area contributed by atoms with Gasteiger partial charge in [-0.2, -0.15) is 0 Å². The Hall–Kier alpha value is -8.67. The molecule has 13 aromatic rings. The minimum Gasteiger partial charge on any atom is -0.309 e. The number of aromatic nitrogens is 5. The maximum absolute atomic E-state index is 5.40. The van der Waals surface area contributed by atoms with Crippen molar-refractivity contribution in [2.45, 2.75) is 0 Å². The number of hydrogen-bond acceptors (Lipinski definition) is 3. The van der Waals surface area contributed by atoms with Gasteiger partial charge in [0.1, 0.15) is 0 Å². The van der Waals surface area contributed by atoms with Crippen molar-refractivity contribution in [2.75, 3.05) is 0 Å². The molecule has 0 radical (unpaired) electrons. The molecular formula is C59H37N5.